The molecule has 1 aromatic carbocycles. The van der Waals surface area contributed by atoms with Gasteiger partial charge < -0.3 is 15.0 Å². The zero-order valence-corrected chi connectivity index (χ0v) is 16.1. The van der Waals surface area contributed by atoms with Crippen LogP contribution in [0.3, 0.4) is 0 Å². The Morgan fingerprint density at radius 2 is 2.08 bits per heavy atom. The topological polar surface area (TPSA) is 67.4 Å². The molecule has 0 bridgehead atoms. The summed E-state index contributed by atoms with van der Waals surface area (Å²) in [7, 11) is 3.63. The molecule has 1 N–H and O–H groups in total. The van der Waals surface area contributed by atoms with Gasteiger partial charge in [0.2, 0.25) is 0 Å². The van der Waals surface area contributed by atoms with Crippen LogP contribution in [0.5, 0.6) is 5.75 Å². The lowest BCUT2D eigenvalue weighted by molar-refractivity contribution is 0.0949. The average molecular weight is 356 g/mol. The van der Waals surface area contributed by atoms with Gasteiger partial charge in [-0.3, -0.25) is 4.79 Å². The number of aryl methyl sites for hydroxylation is 1. The molecule has 0 aliphatic heterocycles. The number of hydrogen-bond acceptors (Lipinski definition) is 5. The highest BCUT2D eigenvalue weighted by atomic mass is 16.5. The second kappa shape index (κ2) is 9.75. The van der Waals surface area contributed by atoms with Gasteiger partial charge in [-0.05, 0) is 37.5 Å². The van der Waals surface area contributed by atoms with Gasteiger partial charge in [0, 0.05) is 26.2 Å². The lowest BCUT2D eigenvalue weighted by atomic mass is 10.1. The van der Waals surface area contributed by atoms with Crippen LogP contribution in [0, 0.1) is 6.92 Å². The van der Waals surface area contributed by atoms with Gasteiger partial charge in [0.05, 0.1) is 7.11 Å². The molecule has 2 aromatic rings. The van der Waals surface area contributed by atoms with Gasteiger partial charge in [-0.15, -0.1) is 0 Å². The van der Waals surface area contributed by atoms with Crippen LogP contribution in [0.4, 0.5) is 5.82 Å². The largest absolute Gasteiger partial charge is 0.497 e. The average Bonchev–Trinajstić information content (AvgIpc) is 2.65. The maximum absolute atomic E-state index is 12.5. The maximum atomic E-state index is 12.5. The molecule has 140 valence electrons. The molecule has 0 aliphatic carbocycles. The number of methoxy groups -OCH3 is 1. The van der Waals surface area contributed by atoms with E-state index in [-0.39, 0.29) is 5.91 Å². The molecule has 6 heteroatoms. The Kier molecular flexibility index (Phi) is 7.38. The summed E-state index contributed by atoms with van der Waals surface area (Å²) >= 11 is 0. The molecule has 1 heterocycles. The van der Waals surface area contributed by atoms with Crippen LogP contribution in [-0.2, 0) is 6.42 Å². The van der Waals surface area contributed by atoms with Crippen LogP contribution < -0.4 is 15.0 Å². The number of carbonyl (C=O) groups is 1. The van der Waals surface area contributed by atoms with Gasteiger partial charge in [-0.25, -0.2) is 9.97 Å². The van der Waals surface area contributed by atoms with Crippen LogP contribution >= 0.6 is 0 Å². The Morgan fingerprint density at radius 1 is 1.27 bits per heavy atom. The van der Waals surface area contributed by atoms with Crippen molar-refractivity contribution in [2.24, 2.45) is 0 Å². The summed E-state index contributed by atoms with van der Waals surface area (Å²) in [6.45, 7) is 5.41. The predicted molar refractivity (Wildman–Crippen MR) is 104 cm³/mol. The van der Waals surface area contributed by atoms with E-state index in [2.05, 4.69) is 27.1 Å². The number of ether oxygens (including phenoxy) is 1. The molecule has 0 spiro atoms. The Hall–Kier alpha value is -2.63. The quantitative estimate of drug-likeness (QED) is 0.748. The maximum Gasteiger partial charge on any atom is 0.270 e. The van der Waals surface area contributed by atoms with Crippen LogP contribution in [0.25, 0.3) is 0 Å². The summed E-state index contributed by atoms with van der Waals surface area (Å²) in [5.74, 6) is 2.02. The minimum absolute atomic E-state index is 0.177. The summed E-state index contributed by atoms with van der Waals surface area (Å²) < 4.78 is 5.22. The fourth-order valence-corrected chi connectivity index (χ4v) is 2.61. The number of rotatable bonds is 9. The molecular weight excluding hydrogens is 328 g/mol. The van der Waals surface area contributed by atoms with Gasteiger partial charge in [0.25, 0.3) is 5.91 Å². The van der Waals surface area contributed by atoms with Crippen LogP contribution in [0.2, 0.25) is 0 Å². The zero-order chi connectivity index (χ0) is 18.9. The number of nitrogens with zero attached hydrogens (tertiary/aromatic N) is 3. The summed E-state index contributed by atoms with van der Waals surface area (Å²) in [6.07, 6.45) is 2.93. The van der Waals surface area contributed by atoms with E-state index in [0.29, 0.717) is 18.1 Å². The van der Waals surface area contributed by atoms with Gasteiger partial charge in [0.15, 0.2) is 0 Å². The lowest BCUT2D eigenvalue weighted by Gasteiger charge is -2.18. The summed E-state index contributed by atoms with van der Waals surface area (Å²) in [6, 6.07) is 9.60. The first-order valence-corrected chi connectivity index (χ1v) is 9.01. The third kappa shape index (κ3) is 5.72. The highest BCUT2D eigenvalue weighted by molar-refractivity contribution is 5.92. The number of nitrogens with one attached hydrogen (secondary N) is 1. The molecule has 0 fully saturated rings. The van der Waals surface area contributed by atoms with Crippen molar-refractivity contribution in [1.82, 2.24) is 15.3 Å². The van der Waals surface area contributed by atoms with Crippen molar-refractivity contribution in [3.05, 3.63) is 47.4 Å². The third-order valence-corrected chi connectivity index (χ3v) is 4.13. The predicted octanol–water partition coefficient (Wildman–Crippen LogP) is 3.00. The number of carbonyl (C=O) groups excluding carboxylic acids is 1. The monoisotopic (exact) mass is 356 g/mol. The minimum atomic E-state index is -0.177. The molecular formula is C20H28N4O2. The van der Waals surface area contributed by atoms with Crippen molar-refractivity contribution >= 4 is 11.7 Å². The summed E-state index contributed by atoms with van der Waals surface area (Å²) in [5.41, 5.74) is 1.52. The number of aromatic nitrogens is 2. The lowest BCUT2D eigenvalue weighted by Crippen LogP contribution is -2.28. The fourth-order valence-electron chi connectivity index (χ4n) is 2.61. The molecule has 26 heavy (non-hydrogen) atoms. The number of amides is 1. The normalized spacial score (nSPS) is 10.5. The third-order valence-electron chi connectivity index (χ3n) is 4.13. The Morgan fingerprint density at radius 3 is 2.81 bits per heavy atom. The number of hydrogen-bond donors (Lipinski definition) is 1. The van der Waals surface area contributed by atoms with Gasteiger partial charge in [-0.1, -0.05) is 25.5 Å². The molecule has 6 nitrogen and oxygen atoms in total. The molecule has 1 aromatic heterocycles. The second-order valence-corrected chi connectivity index (χ2v) is 6.29. The van der Waals surface area contributed by atoms with Gasteiger partial charge in [0.1, 0.15) is 23.1 Å². The van der Waals surface area contributed by atoms with Crippen molar-refractivity contribution < 1.29 is 9.53 Å². The highest BCUT2D eigenvalue weighted by Gasteiger charge is 2.12. The number of benzene rings is 1. The Labute approximate surface area is 155 Å². The molecule has 0 aliphatic rings. The van der Waals surface area contributed by atoms with E-state index in [1.807, 2.05) is 38.2 Å². The van der Waals surface area contributed by atoms with Crippen LogP contribution in [0.1, 0.15) is 41.6 Å². The SMILES string of the molecule is CCCCN(C)c1cc(C(=O)NCCc2cccc(OC)c2)nc(C)n1. The minimum Gasteiger partial charge on any atom is -0.497 e. The number of anilines is 1. The zero-order valence-electron chi connectivity index (χ0n) is 16.1. The van der Waals surface area contributed by atoms with Crippen molar-refractivity contribution in [2.45, 2.75) is 33.1 Å². The van der Waals surface area contributed by atoms with Crippen molar-refractivity contribution in [3.8, 4) is 5.75 Å². The Bertz CT molecular complexity index is 734. The van der Waals surface area contributed by atoms with E-state index < -0.39 is 0 Å². The first kappa shape index (κ1) is 19.7. The van der Waals surface area contributed by atoms with Crippen LogP contribution in [0.15, 0.2) is 30.3 Å². The van der Waals surface area contributed by atoms with E-state index in [1.165, 1.54) is 0 Å². The van der Waals surface area contributed by atoms with E-state index in [4.69, 9.17) is 4.74 Å². The van der Waals surface area contributed by atoms with Gasteiger partial charge >= 0.3 is 0 Å². The molecule has 0 saturated heterocycles. The first-order chi connectivity index (χ1) is 12.5. The molecule has 0 unspecified atom stereocenters. The van der Waals surface area contributed by atoms with E-state index in [1.54, 1.807) is 13.2 Å². The molecule has 0 atom stereocenters. The van der Waals surface area contributed by atoms with Crippen molar-refractivity contribution in [1.29, 1.82) is 0 Å². The second-order valence-electron chi connectivity index (χ2n) is 6.29. The molecule has 2 rings (SSSR count). The standard InChI is InChI=1S/C20H28N4O2/c1-5-6-12-24(3)19-14-18(22-15(2)23-19)20(25)21-11-10-16-8-7-9-17(13-16)26-4/h7-9,13-14H,5-6,10-12H2,1-4H3,(H,21,25). The molecule has 1 amide bonds. The summed E-state index contributed by atoms with van der Waals surface area (Å²) in [5, 5.41) is 2.93. The van der Waals surface area contributed by atoms with E-state index in [9.17, 15) is 4.79 Å². The van der Waals surface area contributed by atoms with Gasteiger partial charge in [-0.2, -0.15) is 0 Å². The summed E-state index contributed by atoms with van der Waals surface area (Å²) in [4.78, 5) is 23.2. The number of unbranched alkanes of at least 4 members (excludes halogenated alkanes) is 1. The van der Waals surface area contributed by atoms with Crippen LogP contribution in [-0.4, -0.2) is 43.1 Å². The smallest absolute Gasteiger partial charge is 0.270 e. The molecule has 0 saturated carbocycles. The van der Waals surface area contributed by atoms with E-state index >= 15 is 0 Å². The molecule has 0 radical (unpaired) electrons. The fraction of sp³-hybridized carbons (Fsp3) is 0.450. The van der Waals surface area contributed by atoms with E-state index in [0.717, 1.165) is 42.9 Å². The first-order valence-electron chi connectivity index (χ1n) is 9.01. The van der Waals surface area contributed by atoms with Crippen molar-refractivity contribution in [2.75, 3.05) is 32.1 Å². The van der Waals surface area contributed by atoms with Crippen molar-refractivity contribution in [3.63, 3.8) is 0 Å². The highest BCUT2D eigenvalue weighted by Crippen LogP contribution is 2.14. The Balaban J connectivity index is 1.97.